The lowest BCUT2D eigenvalue weighted by atomic mass is 10.1. The summed E-state index contributed by atoms with van der Waals surface area (Å²) >= 11 is 0. The largest absolute Gasteiger partial charge is 0.502 e. The zero-order chi connectivity index (χ0) is 16.6. The van der Waals surface area contributed by atoms with Gasteiger partial charge < -0.3 is 9.84 Å². The van der Waals surface area contributed by atoms with Gasteiger partial charge >= 0.3 is 5.91 Å². The van der Waals surface area contributed by atoms with E-state index in [0.717, 1.165) is 10.5 Å². The number of imide groups is 1. The van der Waals surface area contributed by atoms with Crippen LogP contribution in [0.1, 0.15) is 11.1 Å². The fourth-order valence-corrected chi connectivity index (χ4v) is 2.58. The van der Waals surface area contributed by atoms with E-state index in [-0.39, 0.29) is 5.57 Å². The van der Waals surface area contributed by atoms with E-state index in [2.05, 4.69) is 0 Å². The molecule has 116 valence electrons. The molecule has 0 aromatic heterocycles. The second kappa shape index (κ2) is 5.61. The van der Waals surface area contributed by atoms with Crippen molar-refractivity contribution in [3.8, 4) is 5.75 Å². The Labute approximate surface area is 133 Å². The number of aryl methyl sites for hydroxylation is 1. The average molecular weight is 309 g/mol. The quantitative estimate of drug-likeness (QED) is 0.885. The van der Waals surface area contributed by atoms with Crippen molar-refractivity contribution in [3.05, 3.63) is 65.4 Å². The fraction of sp³-hybridized carbons (Fsp3) is 0.111. The van der Waals surface area contributed by atoms with E-state index in [9.17, 15) is 14.7 Å². The van der Waals surface area contributed by atoms with Crippen LogP contribution in [-0.2, 0) is 9.59 Å². The van der Waals surface area contributed by atoms with Crippen LogP contribution in [0.3, 0.4) is 0 Å². The van der Waals surface area contributed by atoms with E-state index in [0.29, 0.717) is 17.0 Å². The number of carbonyl (C=O) groups is 2. The molecule has 1 heterocycles. The van der Waals surface area contributed by atoms with E-state index in [4.69, 9.17) is 4.74 Å². The molecule has 1 N–H and O–H groups in total. The third-order valence-corrected chi connectivity index (χ3v) is 3.70. The molecule has 0 radical (unpaired) electrons. The number of nitrogens with zero attached hydrogens (tertiary/aromatic N) is 1. The summed E-state index contributed by atoms with van der Waals surface area (Å²) < 4.78 is 5.24. The molecule has 2 aromatic carbocycles. The summed E-state index contributed by atoms with van der Waals surface area (Å²) in [5.41, 5.74) is 1.69. The van der Waals surface area contributed by atoms with Crippen molar-refractivity contribution >= 4 is 23.1 Å². The van der Waals surface area contributed by atoms with Gasteiger partial charge in [0.1, 0.15) is 5.75 Å². The molecule has 23 heavy (non-hydrogen) atoms. The first kappa shape index (κ1) is 14.8. The van der Waals surface area contributed by atoms with Crippen LogP contribution in [0.25, 0.3) is 5.57 Å². The summed E-state index contributed by atoms with van der Waals surface area (Å²) in [6, 6.07) is 13.8. The molecule has 0 unspecified atom stereocenters. The molecule has 0 saturated heterocycles. The second-order valence-electron chi connectivity index (χ2n) is 5.21. The van der Waals surface area contributed by atoms with Gasteiger partial charge in [0.15, 0.2) is 5.76 Å². The Hall–Kier alpha value is -3.08. The highest BCUT2D eigenvalue weighted by atomic mass is 16.5. The van der Waals surface area contributed by atoms with Crippen molar-refractivity contribution in [2.24, 2.45) is 0 Å². The molecule has 5 nitrogen and oxygen atoms in total. The summed E-state index contributed by atoms with van der Waals surface area (Å²) in [5.74, 6) is -1.48. The van der Waals surface area contributed by atoms with Crippen molar-refractivity contribution < 1.29 is 19.4 Å². The van der Waals surface area contributed by atoms with Gasteiger partial charge in [-0.05, 0) is 30.2 Å². The number of anilines is 1. The minimum atomic E-state index is -0.752. The standard InChI is InChI=1S/C18H15NO4/c1-11-8-9-14(23-2)13(10-11)19-17(21)15(16(20)18(19)22)12-6-4-3-5-7-12/h3-10,20H,1-2H3. The van der Waals surface area contributed by atoms with Gasteiger partial charge in [-0.2, -0.15) is 0 Å². The lowest BCUT2D eigenvalue weighted by molar-refractivity contribution is -0.121. The summed E-state index contributed by atoms with van der Waals surface area (Å²) in [7, 11) is 1.46. The molecule has 2 amide bonds. The van der Waals surface area contributed by atoms with E-state index in [1.165, 1.54) is 7.11 Å². The second-order valence-corrected chi connectivity index (χ2v) is 5.21. The highest BCUT2D eigenvalue weighted by Gasteiger charge is 2.41. The minimum absolute atomic E-state index is 0.000779. The zero-order valence-electron chi connectivity index (χ0n) is 12.7. The Morgan fingerprint density at radius 1 is 1.00 bits per heavy atom. The first-order valence-electron chi connectivity index (χ1n) is 7.06. The van der Waals surface area contributed by atoms with Crippen molar-refractivity contribution in [2.75, 3.05) is 12.0 Å². The van der Waals surface area contributed by atoms with Crippen molar-refractivity contribution in [3.63, 3.8) is 0 Å². The molecule has 3 rings (SSSR count). The molecule has 1 aliphatic heterocycles. The molecule has 1 aliphatic rings. The lowest BCUT2D eigenvalue weighted by Crippen LogP contribution is -2.32. The molecule has 0 atom stereocenters. The van der Waals surface area contributed by atoms with E-state index >= 15 is 0 Å². The third-order valence-electron chi connectivity index (χ3n) is 3.70. The van der Waals surface area contributed by atoms with Gasteiger partial charge in [-0.1, -0.05) is 36.4 Å². The Bertz CT molecular complexity index is 824. The highest BCUT2D eigenvalue weighted by Crippen LogP contribution is 2.37. The normalized spacial score (nSPS) is 14.6. The first-order chi connectivity index (χ1) is 11.0. The lowest BCUT2D eigenvalue weighted by Gasteiger charge is -2.18. The van der Waals surface area contributed by atoms with Crippen LogP contribution in [-0.4, -0.2) is 24.0 Å². The summed E-state index contributed by atoms with van der Waals surface area (Å²) in [5, 5.41) is 10.2. The molecular formula is C18H15NO4. The molecule has 0 fully saturated rings. The molecule has 0 bridgehead atoms. The Morgan fingerprint density at radius 3 is 2.35 bits per heavy atom. The van der Waals surface area contributed by atoms with Crippen LogP contribution in [0.15, 0.2) is 54.3 Å². The molecule has 2 aromatic rings. The van der Waals surface area contributed by atoms with Crippen molar-refractivity contribution in [1.82, 2.24) is 0 Å². The number of benzene rings is 2. The number of hydrogen-bond acceptors (Lipinski definition) is 4. The maximum Gasteiger partial charge on any atom is 0.301 e. The van der Waals surface area contributed by atoms with Gasteiger partial charge in [0.05, 0.1) is 18.4 Å². The van der Waals surface area contributed by atoms with Crippen LogP contribution in [0.4, 0.5) is 5.69 Å². The fourth-order valence-electron chi connectivity index (χ4n) is 2.58. The number of ether oxygens (including phenoxy) is 1. The topological polar surface area (TPSA) is 66.8 Å². The number of amides is 2. The predicted octanol–water partition coefficient (Wildman–Crippen LogP) is 2.85. The summed E-state index contributed by atoms with van der Waals surface area (Å²) in [4.78, 5) is 26.1. The Morgan fingerprint density at radius 2 is 1.70 bits per heavy atom. The molecule has 0 saturated carbocycles. The third kappa shape index (κ3) is 2.36. The smallest absolute Gasteiger partial charge is 0.301 e. The number of aliphatic hydroxyl groups is 1. The molecule has 0 spiro atoms. The van der Waals surface area contributed by atoms with Crippen molar-refractivity contribution in [1.29, 1.82) is 0 Å². The summed E-state index contributed by atoms with van der Waals surface area (Å²) in [6.07, 6.45) is 0. The number of methoxy groups -OCH3 is 1. The average Bonchev–Trinajstić information content (AvgIpc) is 2.78. The van der Waals surface area contributed by atoms with Crippen LogP contribution < -0.4 is 9.64 Å². The first-order valence-corrected chi connectivity index (χ1v) is 7.06. The number of carbonyl (C=O) groups excluding carboxylic acids is 2. The van der Waals surface area contributed by atoms with Crippen LogP contribution in [0.5, 0.6) is 5.75 Å². The van der Waals surface area contributed by atoms with Crippen molar-refractivity contribution in [2.45, 2.75) is 6.92 Å². The zero-order valence-corrected chi connectivity index (χ0v) is 12.7. The van der Waals surface area contributed by atoms with E-state index in [1.54, 1.807) is 42.5 Å². The van der Waals surface area contributed by atoms with Gasteiger partial charge in [0, 0.05) is 0 Å². The predicted molar refractivity (Wildman–Crippen MR) is 86.2 cm³/mol. The van der Waals surface area contributed by atoms with Crippen LogP contribution in [0, 0.1) is 6.92 Å². The summed E-state index contributed by atoms with van der Waals surface area (Å²) in [6.45, 7) is 1.85. The highest BCUT2D eigenvalue weighted by molar-refractivity contribution is 6.45. The van der Waals surface area contributed by atoms with Crippen LogP contribution in [0.2, 0.25) is 0 Å². The van der Waals surface area contributed by atoms with E-state index in [1.807, 2.05) is 13.0 Å². The number of rotatable bonds is 3. The minimum Gasteiger partial charge on any atom is -0.502 e. The maximum absolute atomic E-state index is 12.7. The molecular weight excluding hydrogens is 294 g/mol. The Kier molecular flexibility index (Phi) is 3.62. The number of hydrogen-bond donors (Lipinski definition) is 1. The molecule has 5 heteroatoms. The van der Waals surface area contributed by atoms with Gasteiger partial charge in [-0.3, -0.25) is 9.59 Å². The SMILES string of the molecule is COc1ccc(C)cc1N1C(=O)C(O)=C(c2ccccc2)C1=O. The van der Waals surface area contributed by atoms with E-state index < -0.39 is 17.6 Å². The van der Waals surface area contributed by atoms with Gasteiger partial charge in [-0.25, -0.2) is 4.90 Å². The molecule has 0 aliphatic carbocycles. The van der Waals surface area contributed by atoms with Crippen LogP contribution >= 0.6 is 0 Å². The number of aliphatic hydroxyl groups excluding tert-OH is 1. The van der Waals surface area contributed by atoms with Gasteiger partial charge in [-0.15, -0.1) is 0 Å². The Balaban J connectivity index is 2.11. The van der Waals surface area contributed by atoms with Gasteiger partial charge in [0.2, 0.25) is 0 Å². The monoisotopic (exact) mass is 309 g/mol. The van der Waals surface area contributed by atoms with Gasteiger partial charge in [0.25, 0.3) is 5.91 Å². The maximum atomic E-state index is 12.7.